The van der Waals surface area contributed by atoms with Gasteiger partial charge in [0.1, 0.15) is 0 Å². The van der Waals surface area contributed by atoms with E-state index in [1.165, 1.54) is 28.2 Å². The molecule has 2 aliphatic heterocycles. The lowest BCUT2D eigenvalue weighted by Gasteiger charge is -2.31. The number of hydrogen-bond donors (Lipinski definition) is 0. The summed E-state index contributed by atoms with van der Waals surface area (Å²) in [5.74, 6) is 0. The molecule has 0 amide bonds. The van der Waals surface area contributed by atoms with Gasteiger partial charge in [0, 0.05) is 41.0 Å². The number of fused-ring (bicyclic) bond motifs is 2. The summed E-state index contributed by atoms with van der Waals surface area (Å²) in [6.07, 6.45) is 7.05. The molecule has 0 spiro atoms. The van der Waals surface area contributed by atoms with Gasteiger partial charge in [-0.15, -0.1) is 0 Å². The highest BCUT2D eigenvalue weighted by atomic mass is 15.2. The van der Waals surface area contributed by atoms with Crippen LogP contribution in [0.1, 0.15) is 52.7 Å². The van der Waals surface area contributed by atoms with Crippen LogP contribution in [0.4, 0.5) is 11.4 Å². The molecule has 0 saturated carbocycles. The first-order valence-electron chi connectivity index (χ1n) is 11.0. The highest BCUT2D eigenvalue weighted by molar-refractivity contribution is 5.71. The van der Waals surface area contributed by atoms with Crippen LogP contribution >= 0.6 is 0 Å². The maximum absolute atomic E-state index is 2.54. The van der Waals surface area contributed by atoms with Crippen molar-refractivity contribution in [2.24, 2.45) is 0 Å². The van der Waals surface area contributed by atoms with Crippen molar-refractivity contribution in [2.45, 2.75) is 58.4 Å². The largest absolute Gasteiger partial charge is 0.364 e. The smallest absolute Gasteiger partial charge is 0.0568 e. The molecule has 4 rings (SSSR count). The molecule has 2 nitrogen and oxygen atoms in total. The van der Waals surface area contributed by atoms with Gasteiger partial charge in [0.05, 0.1) is 6.04 Å². The zero-order chi connectivity index (χ0) is 20.8. The number of anilines is 2. The van der Waals surface area contributed by atoms with Gasteiger partial charge in [-0.1, -0.05) is 76.2 Å². The van der Waals surface area contributed by atoms with Crippen molar-refractivity contribution in [3.63, 3.8) is 0 Å². The zero-order valence-corrected chi connectivity index (χ0v) is 18.7. The van der Waals surface area contributed by atoms with E-state index in [2.05, 4.69) is 118 Å². The summed E-state index contributed by atoms with van der Waals surface area (Å²) in [5, 5.41) is 0. The van der Waals surface area contributed by atoms with Crippen molar-refractivity contribution in [2.75, 3.05) is 22.9 Å². The average molecular weight is 387 g/mol. The molecule has 2 aliphatic rings. The fraction of sp³-hybridized carbons (Fsp3) is 0.407. The van der Waals surface area contributed by atoms with Crippen LogP contribution in [0.2, 0.25) is 0 Å². The Morgan fingerprint density at radius 1 is 0.828 bits per heavy atom. The maximum Gasteiger partial charge on any atom is 0.0568 e. The van der Waals surface area contributed by atoms with Gasteiger partial charge in [0.2, 0.25) is 0 Å². The lowest BCUT2D eigenvalue weighted by Crippen LogP contribution is -2.39. The van der Waals surface area contributed by atoms with Gasteiger partial charge in [0.25, 0.3) is 0 Å². The van der Waals surface area contributed by atoms with Crippen LogP contribution in [0.3, 0.4) is 0 Å². The summed E-state index contributed by atoms with van der Waals surface area (Å²) < 4.78 is 0. The Balaban J connectivity index is 1.69. The number of likely N-dealkylation sites (N-methyl/N-ethyl adjacent to an activating group) is 2. The first kappa shape index (κ1) is 19.8. The number of benzene rings is 2. The number of allylic oxidation sites excluding steroid dienone is 3. The summed E-state index contributed by atoms with van der Waals surface area (Å²) in [6.45, 7) is 15.9. The molecule has 0 aromatic heterocycles. The predicted molar refractivity (Wildman–Crippen MR) is 126 cm³/mol. The summed E-state index contributed by atoms with van der Waals surface area (Å²) in [5.41, 5.74) is 7.11. The number of nitrogens with zero attached hydrogens (tertiary/aromatic N) is 2. The summed E-state index contributed by atoms with van der Waals surface area (Å²) in [4.78, 5) is 5.00. The second-order valence-corrected chi connectivity index (χ2v) is 9.29. The van der Waals surface area contributed by atoms with Crippen LogP contribution in [-0.2, 0) is 10.8 Å². The van der Waals surface area contributed by atoms with Crippen LogP contribution < -0.4 is 9.80 Å². The number of para-hydroxylation sites is 2. The second-order valence-electron chi connectivity index (χ2n) is 9.29. The van der Waals surface area contributed by atoms with E-state index in [0.717, 1.165) is 13.1 Å². The van der Waals surface area contributed by atoms with E-state index in [9.17, 15) is 0 Å². The molecule has 0 radical (unpaired) electrons. The van der Waals surface area contributed by atoms with Crippen molar-refractivity contribution in [3.8, 4) is 0 Å². The third-order valence-electron chi connectivity index (χ3n) is 6.99. The standard InChI is InChI=1S/C27H34N2/c1-7-28-22-16-11-9-14-20(22)26(3,4)24(28)18-13-19-25-27(5,6)21-15-10-12-17-23(21)29(25)8-2/h9-19,24H,7-8H2,1-6H3/b18-13+,25-19-. The predicted octanol–water partition coefficient (Wildman–Crippen LogP) is 6.43. The molecule has 1 atom stereocenters. The molecular weight excluding hydrogens is 352 g/mol. The number of hydrogen-bond acceptors (Lipinski definition) is 2. The molecule has 0 aliphatic carbocycles. The monoisotopic (exact) mass is 386 g/mol. The Hall–Kier alpha value is -2.48. The van der Waals surface area contributed by atoms with E-state index in [1.54, 1.807) is 0 Å². The van der Waals surface area contributed by atoms with Gasteiger partial charge in [-0.05, 0) is 43.2 Å². The van der Waals surface area contributed by atoms with E-state index in [4.69, 9.17) is 0 Å². The Morgan fingerprint density at radius 2 is 1.45 bits per heavy atom. The molecule has 2 heteroatoms. The summed E-state index contributed by atoms with van der Waals surface area (Å²) >= 11 is 0. The molecule has 1 unspecified atom stereocenters. The molecule has 0 bridgehead atoms. The quantitative estimate of drug-likeness (QED) is 0.597. The Kier molecular flexibility index (Phi) is 4.85. The van der Waals surface area contributed by atoms with Gasteiger partial charge >= 0.3 is 0 Å². The van der Waals surface area contributed by atoms with Gasteiger partial charge in [-0.3, -0.25) is 0 Å². The third kappa shape index (κ3) is 2.92. The summed E-state index contributed by atoms with van der Waals surface area (Å²) in [7, 11) is 0. The maximum atomic E-state index is 2.54. The van der Waals surface area contributed by atoms with Crippen molar-refractivity contribution >= 4 is 11.4 Å². The van der Waals surface area contributed by atoms with E-state index in [1.807, 2.05) is 0 Å². The van der Waals surface area contributed by atoms with E-state index in [0.29, 0.717) is 6.04 Å². The lowest BCUT2D eigenvalue weighted by molar-refractivity contribution is 0.478. The van der Waals surface area contributed by atoms with Crippen molar-refractivity contribution in [1.82, 2.24) is 0 Å². The normalized spacial score (nSPS) is 23.1. The lowest BCUT2D eigenvalue weighted by atomic mass is 9.80. The zero-order valence-electron chi connectivity index (χ0n) is 18.7. The van der Waals surface area contributed by atoms with Crippen LogP contribution in [0.5, 0.6) is 0 Å². The molecule has 2 aromatic rings. The molecule has 0 N–H and O–H groups in total. The van der Waals surface area contributed by atoms with E-state index in [-0.39, 0.29) is 10.8 Å². The van der Waals surface area contributed by atoms with Crippen LogP contribution in [0.15, 0.2) is 72.5 Å². The third-order valence-corrected chi connectivity index (χ3v) is 6.99. The van der Waals surface area contributed by atoms with Crippen molar-refractivity contribution in [3.05, 3.63) is 83.6 Å². The van der Waals surface area contributed by atoms with Gasteiger partial charge in [-0.2, -0.15) is 0 Å². The fourth-order valence-electron chi connectivity index (χ4n) is 5.41. The van der Waals surface area contributed by atoms with Crippen LogP contribution in [0.25, 0.3) is 0 Å². The average Bonchev–Trinajstić information content (AvgIpc) is 3.07. The molecule has 0 saturated heterocycles. The highest BCUT2D eigenvalue weighted by Gasteiger charge is 2.42. The minimum Gasteiger partial charge on any atom is -0.364 e. The molecule has 152 valence electrons. The minimum absolute atomic E-state index is 0.0234. The SMILES string of the molecule is CCN1/C(=C\C=C\C2N(CC)c3ccccc3C2(C)C)C(C)(C)c2ccccc21. The van der Waals surface area contributed by atoms with E-state index < -0.39 is 0 Å². The first-order valence-corrected chi connectivity index (χ1v) is 11.0. The Labute approximate surface area is 176 Å². The topological polar surface area (TPSA) is 6.48 Å². The highest BCUT2D eigenvalue weighted by Crippen LogP contribution is 2.48. The number of rotatable bonds is 4. The molecular formula is C27H34N2. The Bertz CT molecular complexity index is 964. The minimum atomic E-state index is 0.0234. The van der Waals surface area contributed by atoms with Gasteiger partial charge in [0.15, 0.2) is 0 Å². The Morgan fingerprint density at radius 3 is 2.10 bits per heavy atom. The summed E-state index contributed by atoms with van der Waals surface area (Å²) in [6, 6.07) is 18.1. The van der Waals surface area contributed by atoms with Crippen molar-refractivity contribution in [1.29, 1.82) is 0 Å². The molecule has 29 heavy (non-hydrogen) atoms. The van der Waals surface area contributed by atoms with E-state index >= 15 is 0 Å². The molecule has 2 aromatic carbocycles. The van der Waals surface area contributed by atoms with Crippen LogP contribution in [0, 0.1) is 0 Å². The first-order chi connectivity index (χ1) is 13.8. The van der Waals surface area contributed by atoms with Gasteiger partial charge in [-0.25, -0.2) is 0 Å². The fourth-order valence-corrected chi connectivity index (χ4v) is 5.41. The van der Waals surface area contributed by atoms with Gasteiger partial charge < -0.3 is 9.80 Å². The van der Waals surface area contributed by atoms with Crippen molar-refractivity contribution < 1.29 is 0 Å². The van der Waals surface area contributed by atoms with Crippen LogP contribution in [-0.4, -0.2) is 19.1 Å². The second kappa shape index (κ2) is 7.09. The molecule has 0 fully saturated rings. The molecule has 2 heterocycles.